The van der Waals surface area contributed by atoms with Crippen LogP contribution in [0.25, 0.3) is 0 Å². The Morgan fingerprint density at radius 3 is 2.12 bits per heavy atom. The van der Waals surface area contributed by atoms with Gasteiger partial charge in [0.05, 0.1) is 12.2 Å². The van der Waals surface area contributed by atoms with Gasteiger partial charge in [-0.15, -0.1) is 0 Å². The monoisotopic (exact) mass is 356 g/mol. The number of rotatable bonds is 13. The van der Waals surface area contributed by atoms with Crippen LogP contribution >= 0.6 is 0 Å². The summed E-state index contributed by atoms with van der Waals surface area (Å²) >= 11 is 0. The number of hydrogen-bond donors (Lipinski definition) is 2. The molecular formula is C20H40N2O3. The van der Waals surface area contributed by atoms with E-state index in [-0.39, 0.29) is 17.2 Å². The highest BCUT2D eigenvalue weighted by Gasteiger charge is 2.25. The van der Waals surface area contributed by atoms with Crippen molar-refractivity contribution in [1.29, 1.82) is 0 Å². The lowest BCUT2D eigenvalue weighted by Crippen LogP contribution is -2.44. The van der Waals surface area contributed by atoms with Crippen molar-refractivity contribution in [2.75, 3.05) is 19.7 Å². The van der Waals surface area contributed by atoms with E-state index in [9.17, 15) is 9.59 Å². The molecule has 0 radical (unpaired) electrons. The second-order valence-electron chi connectivity index (χ2n) is 8.76. The van der Waals surface area contributed by atoms with Crippen molar-refractivity contribution >= 4 is 11.8 Å². The van der Waals surface area contributed by atoms with Gasteiger partial charge in [0.2, 0.25) is 11.8 Å². The Hall–Kier alpha value is -1.10. The summed E-state index contributed by atoms with van der Waals surface area (Å²) in [7, 11) is 0. The first-order valence-electron chi connectivity index (χ1n) is 9.65. The fourth-order valence-electron chi connectivity index (χ4n) is 2.19. The average molecular weight is 357 g/mol. The Balaban J connectivity index is 4.06. The number of ether oxygens (including phenoxy) is 1. The number of amides is 2. The van der Waals surface area contributed by atoms with E-state index in [4.69, 9.17) is 4.74 Å². The van der Waals surface area contributed by atoms with Crippen LogP contribution in [0.3, 0.4) is 0 Å². The minimum absolute atomic E-state index is 0.0528. The van der Waals surface area contributed by atoms with E-state index >= 15 is 0 Å². The lowest BCUT2D eigenvalue weighted by Gasteiger charge is -2.32. The smallest absolute Gasteiger partial charge is 0.220 e. The minimum atomic E-state index is -0.431. The number of unbranched alkanes of at least 4 members (excludes halogenated alkanes) is 1. The molecule has 0 aliphatic heterocycles. The number of carbonyl (C=O) groups is 2. The van der Waals surface area contributed by atoms with E-state index in [1.807, 2.05) is 20.8 Å². The molecule has 0 bridgehead atoms. The number of nitrogens with one attached hydrogen (secondary N) is 2. The van der Waals surface area contributed by atoms with Crippen molar-refractivity contribution in [3.63, 3.8) is 0 Å². The van der Waals surface area contributed by atoms with Crippen molar-refractivity contribution in [3.05, 3.63) is 0 Å². The van der Waals surface area contributed by atoms with Crippen molar-refractivity contribution in [2.24, 2.45) is 11.3 Å². The highest BCUT2D eigenvalue weighted by molar-refractivity contribution is 5.76. The summed E-state index contributed by atoms with van der Waals surface area (Å²) in [6.45, 7) is 15.9. The molecule has 2 amide bonds. The fourth-order valence-corrected chi connectivity index (χ4v) is 2.19. The molecule has 0 rings (SSSR count). The molecular weight excluding hydrogens is 316 g/mol. The maximum absolute atomic E-state index is 11.9. The molecule has 0 aliphatic rings. The van der Waals surface area contributed by atoms with Gasteiger partial charge in [-0.05, 0) is 26.2 Å². The molecule has 0 unspecified atom stereocenters. The zero-order chi connectivity index (χ0) is 19.5. The van der Waals surface area contributed by atoms with Crippen LogP contribution in [0.1, 0.15) is 80.6 Å². The topological polar surface area (TPSA) is 67.4 Å². The second kappa shape index (κ2) is 11.5. The maximum atomic E-state index is 11.9. The third-order valence-corrected chi connectivity index (χ3v) is 4.09. The zero-order valence-electron chi connectivity index (χ0n) is 17.5. The molecule has 0 heterocycles. The van der Waals surface area contributed by atoms with Gasteiger partial charge in [0.1, 0.15) is 0 Å². The Morgan fingerprint density at radius 1 is 0.960 bits per heavy atom. The van der Waals surface area contributed by atoms with Gasteiger partial charge in [0, 0.05) is 31.3 Å². The molecule has 0 saturated heterocycles. The van der Waals surface area contributed by atoms with Gasteiger partial charge < -0.3 is 15.4 Å². The molecule has 0 fully saturated rings. The Morgan fingerprint density at radius 2 is 1.56 bits per heavy atom. The van der Waals surface area contributed by atoms with E-state index in [0.717, 1.165) is 12.8 Å². The maximum Gasteiger partial charge on any atom is 0.220 e. The largest absolute Gasteiger partial charge is 0.373 e. The molecule has 0 atom stereocenters. The van der Waals surface area contributed by atoms with Crippen LogP contribution in [-0.2, 0) is 14.3 Å². The quantitative estimate of drug-likeness (QED) is 0.495. The number of carbonyl (C=O) groups excluding carboxylic acids is 2. The van der Waals surface area contributed by atoms with Gasteiger partial charge in [0.15, 0.2) is 0 Å². The molecule has 25 heavy (non-hydrogen) atoms. The first kappa shape index (κ1) is 23.9. The molecule has 5 nitrogen and oxygen atoms in total. The van der Waals surface area contributed by atoms with Gasteiger partial charge in [-0.1, -0.05) is 47.5 Å². The van der Waals surface area contributed by atoms with Gasteiger partial charge in [-0.2, -0.15) is 0 Å². The molecule has 0 aliphatic carbocycles. The average Bonchev–Trinajstić information content (AvgIpc) is 2.53. The summed E-state index contributed by atoms with van der Waals surface area (Å²) < 4.78 is 6.00. The standard InChI is InChI=1S/C20H40N2O3/c1-8-17(23)21-13-19(4,5)15-25-20(6,7)14-22-18(24)12-10-9-11-16(2)3/h16H,8-15H2,1-7H3,(H,21,23)(H,22,24). The normalized spacial score (nSPS) is 12.3. The third kappa shape index (κ3) is 13.8. The molecule has 0 spiro atoms. The molecule has 0 aromatic heterocycles. The van der Waals surface area contributed by atoms with Crippen LogP contribution in [0, 0.1) is 11.3 Å². The van der Waals surface area contributed by atoms with Gasteiger partial charge in [0.25, 0.3) is 0 Å². The van der Waals surface area contributed by atoms with Crippen LogP contribution in [0.2, 0.25) is 0 Å². The van der Waals surface area contributed by atoms with Gasteiger partial charge in [-0.3, -0.25) is 9.59 Å². The summed E-state index contributed by atoms with van der Waals surface area (Å²) in [4.78, 5) is 23.3. The second-order valence-corrected chi connectivity index (χ2v) is 8.76. The molecule has 5 heteroatoms. The fraction of sp³-hybridized carbons (Fsp3) is 0.900. The predicted molar refractivity (Wildman–Crippen MR) is 103 cm³/mol. The van der Waals surface area contributed by atoms with Crippen LogP contribution < -0.4 is 10.6 Å². The van der Waals surface area contributed by atoms with Gasteiger partial charge in [-0.25, -0.2) is 0 Å². The molecule has 0 saturated carbocycles. The van der Waals surface area contributed by atoms with E-state index < -0.39 is 5.60 Å². The van der Waals surface area contributed by atoms with Crippen LogP contribution in [-0.4, -0.2) is 37.1 Å². The molecule has 2 N–H and O–H groups in total. The summed E-state index contributed by atoms with van der Waals surface area (Å²) in [6, 6.07) is 0. The summed E-state index contributed by atoms with van der Waals surface area (Å²) in [6.07, 6.45) is 4.28. The SMILES string of the molecule is CCC(=O)NCC(C)(C)COC(C)(C)CNC(=O)CCCCC(C)C. The molecule has 148 valence electrons. The van der Waals surface area contributed by atoms with Crippen LogP contribution in [0.4, 0.5) is 0 Å². The molecule has 0 aromatic carbocycles. The summed E-state index contributed by atoms with van der Waals surface area (Å²) in [5.74, 6) is 0.841. The van der Waals surface area contributed by atoms with Crippen molar-refractivity contribution in [3.8, 4) is 0 Å². The minimum Gasteiger partial charge on any atom is -0.373 e. The Kier molecular flexibility index (Phi) is 11.0. The first-order valence-corrected chi connectivity index (χ1v) is 9.65. The van der Waals surface area contributed by atoms with Crippen molar-refractivity contribution in [1.82, 2.24) is 10.6 Å². The highest BCUT2D eigenvalue weighted by atomic mass is 16.5. The Bertz CT molecular complexity index is 404. The van der Waals surface area contributed by atoms with Crippen molar-refractivity contribution in [2.45, 2.75) is 86.2 Å². The van der Waals surface area contributed by atoms with E-state index in [1.54, 1.807) is 0 Å². The van der Waals surface area contributed by atoms with E-state index in [1.165, 1.54) is 6.42 Å². The zero-order valence-corrected chi connectivity index (χ0v) is 17.5. The molecule has 0 aromatic rings. The summed E-state index contributed by atoms with van der Waals surface area (Å²) in [5.41, 5.74) is -0.581. The Labute approximate surface area is 154 Å². The van der Waals surface area contributed by atoms with Crippen molar-refractivity contribution < 1.29 is 14.3 Å². The number of hydrogen-bond acceptors (Lipinski definition) is 3. The highest BCUT2D eigenvalue weighted by Crippen LogP contribution is 2.19. The third-order valence-electron chi connectivity index (χ3n) is 4.09. The van der Waals surface area contributed by atoms with Crippen LogP contribution in [0.15, 0.2) is 0 Å². The van der Waals surface area contributed by atoms with E-state index in [0.29, 0.717) is 38.5 Å². The lowest BCUT2D eigenvalue weighted by atomic mass is 9.94. The lowest BCUT2D eigenvalue weighted by molar-refractivity contribution is -0.124. The van der Waals surface area contributed by atoms with Gasteiger partial charge >= 0.3 is 0 Å². The van der Waals surface area contributed by atoms with E-state index in [2.05, 4.69) is 38.3 Å². The predicted octanol–water partition coefficient (Wildman–Crippen LogP) is 3.67. The van der Waals surface area contributed by atoms with Crippen LogP contribution in [0.5, 0.6) is 0 Å². The first-order chi connectivity index (χ1) is 11.5. The summed E-state index contributed by atoms with van der Waals surface area (Å²) in [5, 5.41) is 5.88.